The normalized spacial score (nSPS) is 16.3. The highest BCUT2D eigenvalue weighted by atomic mass is 16.5. The highest BCUT2D eigenvalue weighted by molar-refractivity contribution is 5.37. The van der Waals surface area contributed by atoms with Gasteiger partial charge in [-0.2, -0.15) is 0 Å². The third-order valence-electron chi connectivity index (χ3n) is 5.41. The summed E-state index contributed by atoms with van der Waals surface area (Å²) >= 11 is 0. The number of ether oxygens (including phenoxy) is 1. The Morgan fingerprint density at radius 1 is 1.04 bits per heavy atom. The van der Waals surface area contributed by atoms with Crippen molar-refractivity contribution in [3.05, 3.63) is 29.3 Å². The largest absolute Gasteiger partial charge is 0.493 e. The van der Waals surface area contributed by atoms with Gasteiger partial charge < -0.3 is 14.5 Å². The number of hydrogen-bond donors (Lipinski definition) is 0. The fourth-order valence-electron chi connectivity index (χ4n) is 3.53. The molecule has 148 valence electrons. The Balaban J connectivity index is 1.92. The van der Waals surface area contributed by atoms with Crippen LogP contribution in [0.3, 0.4) is 0 Å². The van der Waals surface area contributed by atoms with E-state index >= 15 is 0 Å². The lowest BCUT2D eigenvalue weighted by Crippen LogP contribution is -2.44. The SMILES string of the molecule is CCCOc1ccc(CCCN2CCN(C)CC2)cc1CN(CC)CC. The van der Waals surface area contributed by atoms with E-state index in [2.05, 4.69) is 60.7 Å². The first kappa shape index (κ1) is 21.2. The van der Waals surface area contributed by atoms with Crippen LogP contribution >= 0.6 is 0 Å². The molecule has 0 spiro atoms. The van der Waals surface area contributed by atoms with Gasteiger partial charge in [-0.05, 0) is 57.6 Å². The van der Waals surface area contributed by atoms with Crippen LogP contribution in [0.25, 0.3) is 0 Å². The Bertz CT molecular complexity index is 508. The van der Waals surface area contributed by atoms with E-state index in [-0.39, 0.29) is 0 Å². The lowest BCUT2D eigenvalue weighted by Gasteiger charge is -2.32. The molecule has 0 radical (unpaired) electrons. The third-order valence-corrected chi connectivity index (χ3v) is 5.41. The molecule has 1 saturated heterocycles. The third kappa shape index (κ3) is 6.90. The van der Waals surface area contributed by atoms with Crippen molar-refractivity contribution in [1.82, 2.24) is 14.7 Å². The van der Waals surface area contributed by atoms with Gasteiger partial charge in [0.2, 0.25) is 0 Å². The minimum Gasteiger partial charge on any atom is -0.493 e. The Morgan fingerprint density at radius 2 is 1.77 bits per heavy atom. The summed E-state index contributed by atoms with van der Waals surface area (Å²) in [6.45, 7) is 16.6. The molecular formula is C22H39N3O. The van der Waals surface area contributed by atoms with E-state index in [1.165, 1.54) is 50.3 Å². The zero-order valence-corrected chi connectivity index (χ0v) is 17.5. The fraction of sp³-hybridized carbons (Fsp3) is 0.727. The van der Waals surface area contributed by atoms with Gasteiger partial charge in [0, 0.05) is 38.3 Å². The number of nitrogens with zero attached hydrogens (tertiary/aromatic N) is 3. The maximum Gasteiger partial charge on any atom is 0.123 e. The molecule has 1 aromatic carbocycles. The van der Waals surface area contributed by atoms with Crippen LogP contribution in [0.5, 0.6) is 5.75 Å². The molecule has 26 heavy (non-hydrogen) atoms. The van der Waals surface area contributed by atoms with Gasteiger partial charge in [0.1, 0.15) is 5.75 Å². The monoisotopic (exact) mass is 361 g/mol. The summed E-state index contributed by atoms with van der Waals surface area (Å²) in [7, 11) is 2.22. The molecule has 0 bridgehead atoms. The molecule has 1 heterocycles. The van der Waals surface area contributed by atoms with E-state index in [4.69, 9.17) is 4.74 Å². The van der Waals surface area contributed by atoms with E-state index in [0.29, 0.717) is 0 Å². The molecule has 4 heteroatoms. The summed E-state index contributed by atoms with van der Waals surface area (Å²) in [5.74, 6) is 1.07. The average Bonchev–Trinajstić information content (AvgIpc) is 2.67. The van der Waals surface area contributed by atoms with E-state index in [0.717, 1.165) is 44.8 Å². The van der Waals surface area contributed by atoms with Crippen molar-refractivity contribution in [2.45, 2.75) is 46.6 Å². The number of piperazine rings is 1. The summed E-state index contributed by atoms with van der Waals surface area (Å²) in [5, 5.41) is 0. The fourth-order valence-corrected chi connectivity index (χ4v) is 3.53. The first-order valence-electron chi connectivity index (χ1n) is 10.5. The lowest BCUT2D eigenvalue weighted by atomic mass is 10.0. The van der Waals surface area contributed by atoms with Gasteiger partial charge in [-0.25, -0.2) is 0 Å². The number of hydrogen-bond acceptors (Lipinski definition) is 4. The average molecular weight is 362 g/mol. The van der Waals surface area contributed by atoms with Crippen LogP contribution in [0, 0.1) is 0 Å². The minimum absolute atomic E-state index is 0.800. The van der Waals surface area contributed by atoms with Gasteiger partial charge >= 0.3 is 0 Å². The van der Waals surface area contributed by atoms with Crippen molar-refractivity contribution >= 4 is 0 Å². The van der Waals surface area contributed by atoms with Crippen LogP contribution in [-0.2, 0) is 13.0 Å². The van der Waals surface area contributed by atoms with Crippen molar-refractivity contribution in [2.75, 3.05) is 59.5 Å². The highest BCUT2D eigenvalue weighted by Gasteiger charge is 2.13. The zero-order valence-electron chi connectivity index (χ0n) is 17.5. The van der Waals surface area contributed by atoms with Crippen LogP contribution in [0.15, 0.2) is 18.2 Å². The molecule has 0 aliphatic carbocycles. The predicted octanol–water partition coefficient (Wildman–Crippen LogP) is 3.50. The van der Waals surface area contributed by atoms with Crippen LogP contribution in [0.2, 0.25) is 0 Å². The smallest absolute Gasteiger partial charge is 0.123 e. The Kier molecular flexibility index (Phi) is 9.44. The van der Waals surface area contributed by atoms with E-state index in [1.54, 1.807) is 0 Å². The molecule has 1 aliphatic heterocycles. The summed E-state index contributed by atoms with van der Waals surface area (Å²) in [6, 6.07) is 6.84. The molecule has 0 amide bonds. The second-order valence-corrected chi connectivity index (χ2v) is 7.50. The molecule has 4 nitrogen and oxygen atoms in total. The Labute approximate surface area is 161 Å². The van der Waals surface area contributed by atoms with Crippen LogP contribution in [0.4, 0.5) is 0 Å². The summed E-state index contributed by atoms with van der Waals surface area (Å²) in [5.41, 5.74) is 2.80. The molecule has 1 aliphatic rings. The second-order valence-electron chi connectivity index (χ2n) is 7.50. The van der Waals surface area contributed by atoms with Crippen molar-refractivity contribution in [1.29, 1.82) is 0 Å². The van der Waals surface area contributed by atoms with Gasteiger partial charge in [-0.1, -0.05) is 32.9 Å². The first-order chi connectivity index (χ1) is 12.7. The topological polar surface area (TPSA) is 19.0 Å². The molecule has 0 N–H and O–H groups in total. The maximum atomic E-state index is 6.00. The van der Waals surface area contributed by atoms with Gasteiger partial charge in [-0.3, -0.25) is 4.90 Å². The van der Waals surface area contributed by atoms with E-state index in [9.17, 15) is 0 Å². The highest BCUT2D eigenvalue weighted by Crippen LogP contribution is 2.23. The van der Waals surface area contributed by atoms with Crippen molar-refractivity contribution in [3.8, 4) is 5.75 Å². The Morgan fingerprint density at radius 3 is 2.42 bits per heavy atom. The molecule has 0 aromatic heterocycles. The van der Waals surface area contributed by atoms with Crippen LogP contribution in [-0.4, -0.2) is 74.2 Å². The first-order valence-corrected chi connectivity index (χ1v) is 10.5. The number of rotatable bonds is 11. The van der Waals surface area contributed by atoms with Crippen LogP contribution < -0.4 is 4.74 Å². The molecule has 1 fully saturated rings. The van der Waals surface area contributed by atoms with E-state index < -0.39 is 0 Å². The van der Waals surface area contributed by atoms with Crippen molar-refractivity contribution in [3.63, 3.8) is 0 Å². The maximum absolute atomic E-state index is 6.00. The van der Waals surface area contributed by atoms with E-state index in [1.807, 2.05) is 0 Å². The van der Waals surface area contributed by atoms with Gasteiger partial charge in [0.05, 0.1) is 6.61 Å². The standard InChI is InChI=1S/C22H39N3O/c1-5-17-26-22-11-10-20(18-21(22)19-24(6-2)7-3)9-8-12-25-15-13-23(4)14-16-25/h10-11,18H,5-9,12-17,19H2,1-4H3. The van der Waals surface area contributed by atoms with Crippen molar-refractivity contribution < 1.29 is 4.74 Å². The number of likely N-dealkylation sites (N-methyl/N-ethyl adjacent to an activating group) is 1. The lowest BCUT2D eigenvalue weighted by molar-refractivity contribution is 0.153. The molecule has 1 aromatic rings. The quantitative estimate of drug-likeness (QED) is 0.600. The molecular weight excluding hydrogens is 322 g/mol. The predicted molar refractivity (Wildman–Crippen MR) is 111 cm³/mol. The van der Waals surface area contributed by atoms with Crippen molar-refractivity contribution in [2.24, 2.45) is 0 Å². The molecule has 0 unspecified atom stereocenters. The van der Waals surface area contributed by atoms with Gasteiger partial charge in [0.15, 0.2) is 0 Å². The number of benzene rings is 1. The Hall–Kier alpha value is -1.10. The van der Waals surface area contributed by atoms with Crippen LogP contribution in [0.1, 0.15) is 44.7 Å². The summed E-state index contributed by atoms with van der Waals surface area (Å²) in [6.07, 6.45) is 3.45. The number of aryl methyl sites for hydroxylation is 1. The summed E-state index contributed by atoms with van der Waals surface area (Å²) < 4.78 is 6.00. The zero-order chi connectivity index (χ0) is 18.8. The molecule has 2 rings (SSSR count). The van der Waals surface area contributed by atoms with Gasteiger partial charge in [0.25, 0.3) is 0 Å². The summed E-state index contributed by atoms with van der Waals surface area (Å²) in [4.78, 5) is 7.49. The minimum atomic E-state index is 0.800. The van der Waals surface area contributed by atoms with Gasteiger partial charge in [-0.15, -0.1) is 0 Å². The molecule has 0 saturated carbocycles. The molecule has 0 atom stereocenters. The second kappa shape index (κ2) is 11.6.